The Morgan fingerprint density at radius 1 is 1.12 bits per heavy atom. The van der Waals surface area contributed by atoms with Crippen LogP contribution in [0.1, 0.15) is 38.0 Å². The summed E-state index contributed by atoms with van der Waals surface area (Å²) in [6.07, 6.45) is 4.97. The van der Waals surface area contributed by atoms with Crippen LogP contribution in [0.3, 0.4) is 0 Å². The highest BCUT2D eigenvalue weighted by atomic mass is 127. The van der Waals surface area contributed by atoms with Crippen LogP contribution < -0.4 is 4.74 Å². The molecule has 3 heterocycles. The molecule has 184 valence electrons. The van der Waals surface area contributed by atoms with Crippen LogP contribution in [0.25, 0.3) is 10.9 Å². The molecule has 0 saturated carbocycles. The molecule has 1 fully saturated rings. The molecule has 1 unspecified atom stereocenters. The lowest BCUT2D eigenvalue weighted by molar-refractivity contribution is -0.0369. The maximum absolute atomic E-state index is 5.89. The van der Waals surface area contributed by atoms with Crippen molar-refractivity contribution in [3.8, 4) is 5.88 Å². The molecule has 4 rings (SSSR count). The second-order valence-electron chi connectivity index (χ2n) is 8.24. The van der Waals surface area contributed by atoms with Crippen molar-refractivity contribution in [3.05, 3.63) is 51.9 Å². The summed E-state index contributed by atoms with van der Waals surface area (Å²) in [5, 5.41) is 5.70. The monoisotopic (exact) mass is 581 g/mol. The highest BCUT2D eigenvalue weighted by Crippen LogP contribution is 2.29. The lowest BCUT2D eigenvalue weighted by atomic mass is 10.2. The molecule has 0 spiro atoms. The summed E-state index contributed by atoms with van der Waals surface area (Å²) in [5.74, 6) is 0.566. The average molecular weight is 581 g/mol. The van der Waals surface area contributed by atoms with Crippen LogP contribution in [0.15, 0.2) is 42.6 Å². The van der Waals surface area contributed by atoms with Gasteiger partial charge in [0.05, 0.1) is 50.9 Å². The number of halogens is 1. The first kappa shape index (κ1) is 25.3. The zero-order chi connectivity index (χ0) is 23.6. The van der Waals surface area contributed by atoms with Gasteiger partial charge in [0.2, 0.25) is 5.88 Å². The fourth-order valence-corrected chi connectivity index (χ4v) is 4.40. The van der Waals surface area contributed by atoms with Gasteiger partial charge in [0.15, 0.2) is 6.23 Å². The van der Waals surface area contributed by atoms with E-state index in [4.69, 9.17) is 23.7 Å². The minimum atomic E-state index is -0.0761. The van der Waals surface area contributed by atoms with Crippen molar-refractivity contribution in [2.45, 2.75) is 45.1 Å². The van der Waals surface area contributed by atoms with Crippen LogP contribution in [-0.2, 0) is 25.6 Å². The Hall–Kier alpha value is -1.79. The van der Waals surface area contributed by atoms with E-state index < -0.39 is 0 Å². The van der Waals surface area contributed by atoms with Gasteiger partial charge in [0.25, 0.3) is 0 Å². The summed E-state index contributed by atoms with van der Waals surface area (Å²) >= 11 is 2.25. The third kappa shape index (κ3) is 7.35. The minimum Gasteiger partial charge on any atom is -0.475 e. The molecule has 1 aliphatic rings. The van der Waals surface area contributed by atoms with Crippen molar-refractivity contribution in [1.29, 1.82) is 0 Å². The summed E-state index contributed by atoms with van der Waals surface area (Å²) in [6, 6.07) is 12.0. The first-order chi connectivity index (χ1) is 16.7. The quantitative estimate of drug-likeness (QED) is 0.213. The van der Waals surface area contributed by atoms with Crippen molar-refractivity contribution in [2.75, 3.05) is 39.6 Å². The Kier molecular flexibility index (Phi) is 9.93. The van der Waals surface area contributed by atoms with E-state index in [0.717, 1.165) is 46.0 Å². The lowest BCUT2D eigenvalue weighted by Gasteiger charge is -2.23. The first-order valence-corrected chi connectivity index (χ1v) is 12.9. The topological polar surface area (TPSA) is 76.9 Å². The molecule has 0 N–H and O–H groups in total. The van der Waals surface area contributed by atoms with Crippen molar-refractivity contribution in [3.63, 3.8) is 0 Å². The Morgan fingerprint density at radius 2 is 1.94 bits per heavy atom. The first-order valence-electron chi connectivity index (χ1n) is 11.8. The van der Waals surface area contributed by atoms with Crippen LogP contribution in [0, 0.1) is 3.70 Å². The fourth-order valence-electron chi connectivity index (χ4n) is 3.74. The molecule has 3 aromatic rings. The maximum atomic E-state index is 5.89. The van der Waals surface area contributed by atoms with Gasteiger partial charge in [-0.15, -0.1) is 0 Å². The number of ether oxygens (including phenoxy) is 5. The molecule has 2 aromatic heterocycles. The summed E-state index contributed by atoms with van der Waals surface area (Å²) in [4.78, 5) is 4.47. The molecular formula is C25H32IN3O5. The van der Waals surface area contributed by atoms with Gasteiger partial charge in [-0.1, -0.05) is 30.3 Å². The van der Waals surface area contributed by atoms with Crippen LogP contribution >= 0.6 is 22.6 Å². The lowest BCUT2D eigenvalue weighted by Crippen LogP contribution is -2.21. The fraction of sp³-hybridized carbons (Fsp3) is 0.520. The van der Waals surface area contributed by atoms with E-state index in [-0.39, 0.29) is 12.3 Å². The van der Waals surface area contributed by atoms with E-state index in [9.17, 15) is 0 Å². The van der Waals surface area contributed by atoms with E-state index in [1.165, 1.54) is 0 Å². The molecule has 0 aliphatic carbocycles. The van der Waals surface area contributed by atoms with Crippen LogP contribution in [0.2, 0.25) is 0 Å². The van der Waals surface area contributed by atoms with E-state index in [0.29, 0.717) is 45.5 Å². The third-order valence-electron chi connectivity index (χ3n) is 5.53. The van der Waals surface area contributed by atoms with Gasteiger partial charge in [-0.25, -0.2) is 9.67 Å². The number of fused-ring (bicyclic) bond motifs is 1. The Morgan fingerprint density at radius 3 is 2.76 bits per heavy atom. The highest BCUT2D eigenvalue weighted by molar-refractivity contribution is 14.1. The van der Waals surface area contributed by atoms with Gasteiger partial charge < -0.3 is 23.7 Å². The summed E-state index contributed by atoms with van der Waals surface area (Å²) in [5.41, 5.74) is 2.13. The molecule has 2 atom stereocenters. The predicted octanol–water partition coefficient (Wildman–Crippen LogP) is 4.75. The van der Waals surface area contributed by atoms with Crippen molar-refractivity contribution >= 4 is 33.5 Å². The molecule has 9 heteroatoms. The van der Waals surface area contributed by atoms with Crippen molar-refractivity contribution < 1.29 is 23.7 Å². The number of aromatic nitrogens is 3. The molecule has 1 saturated heterocycles. The molecule has 1 aromatic carbocycles. The van der Waals surface area contributed by atoms with Crippen LogP contribution in [0.5, 0.6) is 5.88 Å². The zero-order valence-corrected chi connectivity index (χ0v) is 21.7. The third-order valence-corrected chi connectivity index (χ3v) is 6.33. The van der Waals surface area contributed by atoms with Crippen LogP contribution in [0.4, 0.5) is 0 Å². The van der Waals surface area contributed by atoms with E-state index in [2.05, 4.69) is 32.7 Å². The molecule has 34 heavy (non-hydrogen) atoms. The molecule has 0 amide bonds. The Balaban J connectivity index is 1.12. The Bertz CT molecular complexity index is 1010. The number of pyridine rings is 1. The highest BCUT2D eigenvalue weighted by Gasteiger charge is 2.21. The molecule has 8 nitrogen and oxygen atoms in total. The maximum Gasteiger partial charge on any atom is 0.214 e. The summed E-state index contributed by atoms with van der Waals surface area (Å²) < 4.78 is 31.6. The van der Waals surface area contributed by atoms with E-state index in [1.807, 2.05) is 54.2 Å². The largest absolute Gasteiger partial charge is 0.475 e. The van der Waals surface area contributed by atoms with Gasteiger partial charge >= 0.3 is 0 Å². The number of hydrogen-bond acceptors (Lipinski definition) is 7. The Labute approximate surface area is 214 Å². The van der Waals surface area contributed by atoms with E-state index in [1.54, 1.807) is 0 Å². The minimum absolute atomic E-state index is 0.0144. The number of rotatable bonds is 13. The summed E-state index contributed by atoms with van der Waals surface area (Å²) in [7, 11) is 0. The van der Waals surface area contributed by atoms with Gasteiger partial charge in [0.1, 0.15) is 10.3 Å². The standard InChI is InChI=1S/C25H32IN3O5/c1-19(32-14-13-30-11-12-31-18-20-7-3-2-4-8-20)17-34-23-15-21-22(16-27-23)29(28-25(21)26)24-9-5-6-10-33-24/h2-4,7-8,15-16,19,24H,5-6,9-14,17-18H2,1H3/t19-,24?/m0/s1. The second-order valence-corrected chi connectivity index (χ2v) is 9.26. The molecular weight excluding hydrogens is 549 g/mol. The second kappa shape index (κ2) is 13.3. The summed E-state index contributed by atoms with van der Waals surface area (Å²) in [6.45, 7) is 5.89. The zero-order valence-electron chi connectivity index (χ0n) is 19.5. The van der Waals surface area contributed by atoms with Gasteiger partial charge in [-0.3, -0.25) is 0 Å². The van der Waals surface area contributed by atoms with Gasteiger partial charge in [-0.2, -0.15) is 5.10 Å². The molecule has 0 radical (unpaired) electrons. The number of hydrogen-bond donors (Lipinski definition) is 0. The average Bonchev–Trinajstić information content (AvgIpc) is 3.21. The number of benzene rings is 1. The van der Waals surface area contributed by atoms with Crippen molar-refractivity contribution in [2.24, 2.45) is 0 Å². The smallest absolute Gasteiger partial charge is 0.214 e. The van der Waals surface area contributed by atoms with Crippen LogP contribution in [-0.4, -0.2) is 60.5 Å². The van der Waals surface area contributed by atoms with Gasteiger partial charge in [-0.05, 0) is 54.3 Å². The molecule has 1 aliphatic heterocycles. The molecule has 0 bridgehead atoms. The van der Waals surface area contributed by atoms with E-state index >= 15 is 0 Å². The SMILES string of the molecule is C[C@@H](COc1cc2c(I)nn(C3CCCCO3)c2cn1)OCCOCCOCc1ccccc1. The number of nitrogens with zero attached hydrogens (tertiary/aromatic N) is 3. The normalized spacial score (nSPS) is 17.2. The van der Waals surface area contributed by atoms with Gasteiger partial charge in [0, 0.05) is 18.1 Å². The van der Waals surface area contributed by atoms with Crippen molar-refractivity contribution in [1.82, 2.24) is 14.8 Å². The predicted molar refractivity (Wildman–Crippen MR) is 137 cm³/mol.